The standard InChI is InChI=1S/C13H18BrNO/c14-11-8-10(6-7-12(11)16)13(15)9-4-2-1-3-5-9/h6-9,13,16H,1-5,15H2/t13-/m0/s1. The lowest BCUT2D eigenvalue weighted by Crippen LogP contribution is -2.23. The van der Waals surface area contributed by atoms with E-state index in [4.69, 9.17) is 5.73 Å². The molecule has 0 aliphatic heterocycles. The van der Waals surface area contributed by atoms with Gasteiger partial charge in [-0.1, -0.05) is 25.3 Å². The Balaban J connectivity index is 2.12. The van der Waals surface area contributed by atoms with Crippen molar-refractivity contribution in [2.75, 3.05) is 0 Å². The molecule has 1 aliphatic carbocycles. The van der Waals surface area contributed by atoms with Crippen LogP contribution in [0.25, 0.3) is 0 Å². The third kappa shape index (κ3) is 2.58. The molecule has 0 unspecified atom stereocenters. The summed E-state index contributed by atoms with van der Waals surface area (Å²) in [5, 5.41) is 9.45. The molecule has 1 fully saturated rings. The Morgan fingerprint density at radius 2 is 1.94 bits per heavy atom. The van der Waals surface area contributed by atoms with Crippen molar-refractivity contribution < 1.29 is 5.11 Å². The van der Waals surface area contributed by atoms with Crippen LogP contribution < -0.4 is 5.73 Å². The molecular weight excluding hydrogens is 266 g/mol. The van der Waals surface area contributed by atoms with Gasteiger partial charge in [-0.15, -0.1) is 0 Å². The zero-order valence-electron chi connectivity index (χ0n) is 9.32. The Bertz CT molecular complexity index is 361. The normalized spacial score (nSPS) is 19.6. The summed E-state index contributed by atoms with van der Waals surface area (Å²) in [4.78, 5) is 0. The van der Waals surface area contributed by atoms with Crippen molar-refractivity contribution in [3.05, 3.63) is 28.2 Å². The highest BCUT2D eigenvalue weighted by atomic mass is 79.9. The SMILES string of the molecule is N[C@H](c1ccc(O)c(Br)c1)C1CCCCC1. The van der Waals surface area contributed by atoms with E-state index in [1.54, 1.807) is 6.07 Å². The summed E-state index contributed by atoms with van der Waals surface area (Å²) in [7, 11) is 0. The van der Waals surface area contributed by atoms with Crippen molar-refractivity contribution in [2.45, 2.75) is 38.1 Å². The van der Waals surface area contributed by atoms with Crippen LogP contribution in [0.1, 0.15) is 43.7 Å². The second-order valence-corrected chi connectivity index (χ2v) is 5.49. The molecule has 0 aromatic heterocycles. The van der Waals surface area contributed by atoms with Crippen LogP contribution in [0.4, 0.5) is 0 Å². The molecule has 2 nitrogen and oxygen atoms in total. The Labute approximate surface area is 105 Å². The van der Waals surface area contributed by atoms with Gasteiger partial charge in [0, 0.05) is 6.04 Å². The van der Waals surface area contributed by atoms with Crippen LogP contribution in [0.2, 0.25) is 0 Å². The molecule has 0 saturated heterocycles. The minimum atomic E-state index is 0.109. The average molecular weight is 284 g/mol. The quantitative estimate of drug-likeness (QED) is 0.869. The topological polar surface area (TPSA) is 46.2 Å². The molecule has 2 rings (SSSR count). The van der Waals surface area contributed by atoms with E-state index in [-0.39, 0.29) is 11.8 Å². The molecule has 0 amide bonds. The number of hydrogen-bond donors (Lipinski definition) is 2. The number of rotatable bonds is 2. The van der Waals surface area contributed by atoms with E-state index >= 15 is 0 Å². The van der Waals surface area contributed by atoms with Crippen LogP contribution in [-0.2, 0) is 0 Å². The summed E-state index contributed by atoms with van der Waals surface area (Å²) in [6.45, 7) is 0. The van der Waals surface area contributed by atoms with E-state index in [0.29, 0.717) is 5.92 Å². The Morgan fingerprint density at radius 1 is 1.25 bits per heavy atom. The van der Waals surface area contributed by atoms with Crippen LogP contribution >= 0.6 is 15.9 Å². The molecule has 88 valence electrons. The number of aromatic hydroxyl groups is 1. The molecule has 0 radical (unpaired) electrons. The van der Waals surface area contributed by atoms with Gasteiger partial charge in [0.25, 0.3) is 0 Å². The molecule has 1 saturated carbocycles. The van der Waals surface area contributed by atoms with Gasteiger partial charge < -0.3 is 10.8 Å². The van der Waals surface area contributed by atoms with Crippen LogP contribution in [0.5, 0.6) is 5.75 Å². The second-order valence-electron chi connectivity index (χ2n) is 4.63. The maximum absolute atomic E-state index is 9.45. The first-order valence-corrected chi connectivity index (χ1v) is 6.72. The average Bonchev–Trinajstić information content (AvgIpc) is 2.33. The van der Waals surface area contributed by atoms with Crippen molar-refractivity contribution in [3.8, 4) is 5.75 Å². The summed E-state index contributed by atoms with van der Waals surface area (Å²) in [5.74, 6) is 0.879. The van der Waals surface area contributed by atoms with Crippen molar-refractivity contribution in [1.29, 1.82) is 0 Å². The molecule has 0 bridgehead atoms. The first kappa shape index (κ1) is 11.9. The smallest absolute Gasteiger partial charge is 0.129 e. The van der Waals surface area contributed by atoms with Gasteiger partial charge in [-0.2, -0.15) is 0 Å². The highest BCUT2D eigenvalue weighted by Gasteiger charge is 2.22. The minimum absolute atomic E-state index is 0.109. The van der Waals surface area contributed by atoms with Gasteiger partial charge in [-0.25, -0.2) is 0 Å². The lowest BCUT2D eigenvalue weighted by atomic mass is 9.81. The van der Waals surface area contributed by atoms with Crippen LogP contribution in [0.3, 0.4) is 0 Å². The van der Waals surface area contributed by atoms with E-state index < -0.39 is 0 Å². The van der Waals surface area contributed by atoms with Gasteiger partial charge in [-0.05, 0) is 52.4 Å². The molecule has 16 heavy (non-hydrogen) atoms. The molecule has 0 spiro atoms. The molecule has 1 aromatic carbocycles. The van der Waals surface area contributed by atoms with Crippen molar-refractivity contribution in [3.63, 3.8) is 0 Å². The lowest BCUT2D eigenvalue weighted by molar-refractivity contribution is 0.308. The lowest BCUT2D eigenvalue weighted by Gasteiger charge is -2.27. The third-order valence-electron chi connectivity index (χ3n) is 3.51. The zero-order valence-corrected chi connectivity index (χ0v) is 10.9. The number of phenols is 1. The van der Waals surface area contributed by atoms with E-state index in [0.717, 1.165) is 10.0 Å². The molecule has 1 aromatic rings. The van der Waals surface area contributed by atoms with E-state index in [1.165, 1.54) is 32.1 Å². The predicted octanol–water partition coefficient (Wildman–Crippen LogP) is 3.73. The highest BCUT2D eigenvalue weighted by molar-refractivity contribution is 9.10. The number of phenolic OH excluding ortho intramolecular Hbond substituents is 1. The summed E-state index contributed by atoms with van der Waals surface area (Å²) in [5.41, 5.74) is 7.41. The molecule has 3 N–H and O–H groups in total. The van der Waals surface area contributed by atoms with Crippen molar-refractivity contribution in [2.24, 2.45) is 11.7 Å². The van der Waals surface area contributed by atoms with Gasteiger partial charge in [0.1, 0.15) is 5.75 Å². The number of benzene rings is 1. The second kappa shape index (κ2) is 5.19. The van der Waals surface area contributed by atoms with Gasteiger partial charge in [0.2, 0.25) is 0 Å². The third-order valence-corrected chi connectivity index (χ3v) is 4.15. The molecular formula is C13H18BrNO. The first-order chi connectivity index (χ1) is 7.68. The van der Waals surface area contributed by atoms with E-state index in [9.17, 15) is 5.11 Å². The molecule has 1 atom stereocenters. The summed E-state index contributed by atoms with van der Waals surface area (Å²) in [6, 6.07) is 5.69. The van der Waals surface area contributed by atoms with Crippen LogP contribution in [-0.4, -0.2) is 5.11 Å². The minimum Gasteiger partial charge on any atom is -0.507 e. The summed E-state index contributed by atoms with van der Waals surface area (Å²) < 4.78 is 0.733. The molecule has 3 heteroatoms. The van der Waals surface area contributed by atoms with Gasteiger partial charge >= 0.3 is 0 Å². The zero-order chi connectivity index (χ0) is 11.5. The van der Waals surface area contributed by atoms with Crippen LogP contribution in [0.15, 0.2) is 22.7 Å². The largest absolute Gasteiger partial charge is 0.507 e. The first-order valence-electron chi connectivity index (χ1n) is 5.92. The molecule has 1 aliphatic rings. The number of hydrogen-bond acceptors (Lipinski definition) is 2. The predicted molar refractivity (Wildman–Crippen MR) is 69.3 cm³/mol. The maximum atomic E-state index is 9.45. The summed E-state index contributed by atoms with van der Waals surface area (Å²) in [6.07, 6.45) is 6.43. The molecule has 0 heterocycles. The van der Waals surface area contributed by atoms with Gasteiger partial charge in [0.05, 0.1) is 4.47 Å². The van der Waals surface area contributed by atoms with Crippen molar-refractivity contribution in [1.82, 2.24) is 0 Å². The van der Waals surface area contributed by atoms with E-state index in [2.05, 4.69) is 15.9 Å². The Kier molecular flexibility index (Phi) is 3.87. The van der Waals surface area contributed by atoms with Gasteiger partial charge in [0.15, 0.2) is 0 Å². The number of nitrogens with two attached hydrogens (primary N) is 1. The fourth-order valence-corrected chi connectivity index (χ4v) is 2.89. The Morgan fingerprint density at radius 3 is 2.56 bits per heavy atom. The Hall–Kier alpha value is -0.540. The highest BCUT2D eigenvalue weighted by Crippen LogP contribution is 2.35. The fourth-order valence-electron chi connectivity index (χ4n) is 2.50. The van der Waals surface area contributed by atoms with Crippen molar-refractivity contribution >= 4 is 15.9 Å². The van der Waals surface area contributed by atoms with Crippen LogP contribution in [0, 0.1) is 5.92 Å². The number of halogens is 1. The fraction of sp³-hybridized carbons (Fsp3) is 0.538. The monoisotopic (exact) mass is 283 g/mol. The maximum Gasteiger partial charge on any atom is 0.129 e. The summed E-state index contributed by atoms with van der Waals surface area (Å²) >= 11 is 3.33. The van der Waals surface area contributed by atoms with Gasteiger partial charge in [-0.3, -0.25) is 0 Å². The van der Waals surface area contributed by atoms with E-state index in [1.807, 2.05) is 12.1 Å².